The van der Waals surface area contributed by atoms with Crippen LogP contribution in [0.3, 0.4) is 0 Å². The maximum absolute atomic E-state index is 5.45. The van der Waals surface area contributed by atoms with Crippen molar-refractivity contribution < 1.29 is 9.57 Å². The van der Waals surface area contributed by atoms with Crippen molar-refractivity contribution >= 4 is 22.9 Å². The van der Waals surface area contributed by atoms with Crippen molar-refractivity contribution in [2.75, 3.05) is 7.11 Å². The molecule has 8 nitrogen and oxygen atoms in total. The minimum Gasteiger partial charge on any atom is -0.497 e. The van der Waals surface area contributed by atoms with Crippen LogP contribution in [0.15, 0.2) is 35.7 Å². The Morgan fingerprint density at radius 1 is 1.09 bits per heavy atom. The first-order valence-electron chi connectivity index (χ1n) is 11.2. The van der Waals surface area contributed by atoms with Crippen molar-refractivity contribution in [2.24, 2.45) is 5.16 Å². The van der Waals surface area contributed by atoms with Gasteiger partial charge in [0.15, 0.2) is 18.1 Å². The first-order chi connectivity index (χ1) is 15.7. The highest BCUT2D eigenvalue weighted by Crippen LogP contribution is 2.35. The first-order valence-corrected chi connectivity index (χ1v) is 11.2. The molecule has 0 saturated heterocycles. The number of methoxy groups -OCH3 is 1. The lowest BCUT2D eigenvalue weighted by molar-refractivity contribution is 0.126. The zero-order valence-electron chi connectivity index (χ0n) is 18.8. The Labute approximate surface area is 186 Å². The molecule has 8 heteroatoms. The normalized spacial score (nSPS) is 15.2. The maximum atomic E-state index is 5.45. The van der Waals surface area contributed by atoms with E-state index in [-0.39, 0.29) is 6.61 Å². The number of aryl methyl sites for hydroxylation is 1. The van der Waals surface area contributed by atoms with Gasteiger partial charge < -0.3 is 14.1 Å². The minimum absolute atomic E-state index is 0.192. The highest BCUT2D eigenvalue weighted by molar-refractivity contribution is 5.94. The van der Waals surface area contributed by atoms with Crippen LogP contribution in [-0.2, 0) is 11.4 Å². The molecule has 166 valence electrons. The van der Waals surface area contributed by atoms with E-state index in [1.807, 2.05) is 24.3 Å². The van der Waals surface area contributed by atoms with Gasteiger partial charge >= 0.3 is 0 Å². The van der Waals surface area contributed by atoms with Crippen LogP contribution in [-0.4, -0.2) is 37.5 Å². The topological polar surface area (TPSA) is 78.8 Å². The fourth-order valence-electron chi connectivity index (χ4n) is 4.66. The number of benzene rings is 1. The highest BCUT2D eigenvalue weighted by Gasteiger charge is 2.24. The summed E-state index contributed by atoms with van der Waals surface area (Å²) >= 11 is 0. The number of aromatic nitrogens is 5. The number of hydrogen-bond acceptors (Lipinski definition) is 6. The second-order valence-electron chi connectivity index (χ2n) is 8.39. The van der Waals surface area contributed by atoms with Crippen molar-refractivity contribution in [2.45, 2.75) is 58.6 Å². The van der Waals surface area contributed by atoms with Crippen molar-refractivity contribution in [3.8, 4) is 5.75 Å². The Morgan fingerprint density at radius 2 is 1.88 bits per heavy atom. The molecule has 1 aromatic carbocycles. The van der Waals surface area contributed by atoms with Crippen LogP contribution >= 0.6 is 0 Å². The average Bonchev–Trinajstić information content (AvgIpc) is 3.36. The zero-order chi connectivity index (χ0) is 22.1. The van der Waals surface area contributed by atoms with E-state index in [2.05, 4.69) is 28.7 Å². The molecule has 0 spiro atoms. The number of oxime groups is 1. The van der Waals surface area contributed by atoms with Crippen LogP contribution in [0.2, 0.25) is 0 Å². The minimum atomic E-state index is 0.192. The van der Waals surface area contributed by atoms with Gasteiger partial charge in [0, 0.05) is 11.7 Å². The van der Waals surface area contributed by atoms with Crippen molar-refractivity contribution in [1.82, 2.24) is 24.1 Å². The third-order valence-corrected chi connectivity index (χ3v) is 6.44. The van der Waals surface area contributed by atoms with E-state index in [4.69, 9.17) is 19.5 Å². The first kappa shape index (κ1) is 20.5. The lowest BCUT2D eigenvalue weighted by atomic mass is 9.95. The van der Waals surface area contributed by atoms with Crippen LogP contribution < -0.4 is 4.74 Å². The van der Waals surface area contributed by atoms with Crippen LogP contribution in [0.4, 0.5) is 0 Å². The predicted octanol–water partition coefficient (Wildman–Crippen LogP) is 4.76. The molecule has 0 bridgehead atoms. The molecule has 0 N–H and O–H groups in total. The van der Waals surface area contributed by atoms with Crippen LogP contribution in [0.1, 0.15) is 60.8 Å². The van der Waals surface area contributed by atoms with Gasteiger partial charge in [0.05, 0.1) is 18.7 Å². The second kappa shape index (κ2) is 8.61. The standard InChI is InChI=1S/C24H28N6O2/c1-16-17(2)30(19-7-5-4-6-8-19)23-22(16)24-27-21(28-29(24)15-25-23)14-32-26-13-18-9-11-20(31-3)12-10-18/h9-13,15,19H,4-8,14H2,1-3H3/b26-13+. The molecule has 3 heterocycles. The van der Waals surface area contributed by atoms with Gasteiger partial charge in [-0.2, -0.15) is 0 Å². The van der Waals surface area contributed by atoms with E-state index in [9.17, 15) is 0 Å². The van der Waals surface area contributed by atoms with E-state index in [0.717, 1.165) is 28.0 Å². The van der Waals surface area contributed by atoms with Crippen molar-refractivity contribution in [3.05, 3.63) is 53.2 Å². The van der Waals surface area contributed by atoms with Gasteiger partial charge in [0.2, 0.25) is 0 Å². The summed E-state index contributed by atoms with van der Waals surface area (Å²) < 4.78 is 9.33. The smallest absolute Gasteiger partial charge is 0.192 e. The molecule has 0 aliphatic heterocycles. The lowest BCUT2D eigenvalue weighted by Gasteiger charge is -2.25. The molecule has 0 radical (unpaired) electrons. The molecular formula is C24H28N6O2. The van der Waals surface area contributed by atoms with Gasteiger partial charge in [-0.3, -0.25) is 0 Å². The fraction of sp³-hybridized carbons (Fsp3) is 0.417. The van der Waals surface area contributed by atoms with Gasteiger partial charge in [-0.1, -0.05) is 24.4 Å². The molecular weight excluding hydrogens is 404 g/mol. The SMILES string of the molecule is COc1ccc(/C=N/OCc2nc3c4c(C)c(C)n(C5CCCCC5)c4ncn3n2)cc1. The Balaban J connectivity index is 1.38. The molecule has 3 aromatic heterocycles. The average molecular weight is 433 g/mol. The van der Waals surface area contributed by atoms with E-state index < -0.39 is 0 Å². The molecule has 1 aliphatic carbocycles. The van der Waals surface area contributed by atoms with Crippen molar-refractivity contribution in [1.29, 1.82) is 0 Å². The number of fused-ring (bicyclic) bond motifs is 3. The quantitative estimate of drug-likeness (QED) is 0.324. The molecule has 1 saturated carbocycles. The van der Waals surface area contributed by atoms with E-state index in [0.29, 0.717) is 11.9 Å². The summed E-state index contributed by atoms with van der Waals surface area (Å²) in [6.07, 6.45) is 9.76. The number of ether oxygens (including phenoxy) is 1. The molecule has 5 rings (SSSR count). The van der Waals surface area contributed by atoms with E-state index in [1.54, 1.807) is 24.2 Å². The summed E-state index contributed by atoms with van der Waals surface area (Å²) in [5.41, 5.74) is 5.26. The Kier molecular flexibility index (Phi) is 5.51. The van der Waals surface area contributed by atoms with Gasteiger partial charge in [-0.05, 0) is 62.1 Å². The third kappa shape index (κ3) is 3.70. The number of hydrogen-bond donors (Lipinski definition) is 0. The maximum Gasteiger partial charge on any atom is 0.192 e. The van der Waals surface area contributed by atoms with Gasteiger partial charge in [0.1, 0.15) is 17.7 Å². The number of rotatable bonds is 6. The van der Waals surface area contributed by atoms with Crippen LogP contribution in [0.5, 0.6) is 5.75 Å². The Hall–Kier alpha value is -3.42. The second-order valence-corrected chi connectivity index (χ2v) is 8.39. The molecule has 32 heavy (non-hydrogen) atoms. The zero-order valence-corrected chi connectivity index (χ0v) is 18.8. The summed E-state index contributed by atoms with van der Waals surface area (Å²) in [7, 11) is 1.64. The predicted molar refractivity (Wildman–Crippen MR) is 123 cm³/mol. The largest absolute Gasteiger partial charge is 0.497 e. The lowest BCUT2D eigenvalue weighted by Crippen LogP contribution is -2.14. The van der Waals surface area contributed by atoms with Crippen molar-refractivity contribution in [3.63, 3.8) is 0 Å². The molecule has 1 fully saturated rings. The summed E-state index contributed by atoms with van der Waals surface area (Å²) in [5, 5.41) is 9.67. The Morgan fingerprint density at radius 3 is 2.62 bits per heavy atom. The molecule has 0 amide bonds. The van der Waals surface area contributed by atoms with E-state index >= 15 is 0 Å². The highest BCUT2D eigenvalue weighted by atomic mass is 16.6. The van der Waals surface area contributed by atoms with Gasteiger partial charge in [-0.15, -0.1) is 5.10 Å². The third-order valence-electron chi connectivity index (χ3n) is 6.44. The van der Waals surface area contributed by atoms with Crippen LogP contribution in [0, 0.1) is 13.8 Å². The van der Waals surface area contributed by atoms with Gasteiger partial charge in [-0.25, -0.2) is 14.5 Å². The van der Waals surface area contributed by atoms with E-state index in [1.165, 1.54) is 43.4 Å². The van der Waals surface area contributed by atoms with Crippen LogP contribution in [0.25, 0.3) is 16.7 Å². The summed E-state index contributed by atoms with van der Waals surface area (Å²) in [6, 6.07) is 8.12. The summed E-state index contributed by atoms with van der Waals surface area (Å²) in [5.74, 6) is 1.38. The molecule has 4 aromatic rings. The summed E-state index contributed by atoms with van der Waals surface area (Å²) in [6.45, 7) is 4.54. The Bertz CT molecular complexity index is 1270. The monoisotopic (exact) mass is 432 g/mol. The fourth-order valence-corrected chi connectivity index (χ4v) is 4.66. The van der Waals surface area contributed by atoms with Gasteiger partial charge in [0.25, 0.3) is 0 Å². The summed E-state index contributed by atoms with van der Waals surface area (Å²) in [4.78, 5) is 15.0. The molecule has 1 aliphatic rings. The number of nitrogens with zero attached hydrogens (tertiary/aromatic N) is 6. The molecule has 0 unspecified atom stereocenters. The molecule has 0 atom stereocenters.